The van der Waals surface area contributed by atoms with E-state index in [0.29, 0.717) is 30.0 Å². The Balaban J connectivity index is 1.56. The zero-order chi connectivity index (χ0) is 17.4. The number of nitrogens with one attached hydrogen (secondary N) is 1. The summed E-state index contributed by atoms with van der Waals surface area (Å²) in [5, 5.41) is -0.213. The molecule has 132 valence electrons. The Morgan fingerprint density at radius 1 is 1.36 bits per heavy atom. The fourth-order valence-corrected chi connectivity index (χ4v) is 3.69. The highest BCUT2D eigenvalue weighted by molar-refractivity contribution is 6.22. The number of hydrogen-bond acceptors (Lipinski definition) is 5. The molecule has 0 bridgehead atoms. The van der Waals surface area contributed by atoms with Crippen molar-refractivity contribution in [2.45, 2.75) is 36.5 Å². The standard InChI is InChI=1S/C17H19ClFN5O/c1-17(19)6-11(7-25-13-5-3-2-4-12(13)18)24(8-17)16-14-15(21-9-20-14)22-10-23-16/h2-5,9-13H,6-8H2,1H3,(H,20,21,22,23). The third kappa shape index (κ3) is 3.26. The molecule has 3 heterocycles. The fourth-order valence-electron chi connectivity index (χ4n) is 3.45. The zero-order valence-electron chi connectivity index (χ0n) is 13.8. The van der Waals surface area contributed by atoms with Crippen LogP contribution in [0.5, 0.6) is 0 Å². The van der Waals surface area contributed by atoms with E-state index in [9.17, 15) is 4.39 Å². The lowest BCUT2D eigenvalue weighted by Gasteiger charge is -2.28. The Bertz CT molecular complexity index is 820. The topological polar surface area (TPSA) is 66.9 Å². The van der Waals surface area contributed by atoms with Crippen LogP contribution in [0.15, 0.2) is 37.0 Å². The molecule has 4 unspecified atom stereocenters. The van der Waals surface area contributed by atoms with Crippen LogP contribution in [0.3, 0.4) is 0 Å². The molecule has 6 nitrogen and oxygen atoms in total. The van der Waals surface area contributed by atoms with E-state index in [-0.39, 0.29) is 24.1 Å². The van der Waals surface area contributed by atoms with Crippen molar-refractivity contribution >= 4 is 28.6 Å². The molecule has 0 spiro atoms. The highest BCUT2D eigenvalue weighted by Crippen LogP contribution is 2.35. The molecular formula is C17H19ClFN5O. The molecule has 0 radical (unpaired) electrons. The smallest absolute Gasteiger partial charge is 0.182 e. The van der Waals surface area contributed by atoms with Crippen molar-refractivity contribution in [3.05, 3.63) is 37.0 Å². The average Bonchev–Trinajstić information content (AvgIpc) is 3.17. The van der Waals surface area contributed by atoms with Gasteiger partial charge in [-0.2, -0.15) is 0 Å². The number of nitrogens with zero attached hydrogens (tertiary/aromatic N) is 4. The number of halogens is 2. The summed E-state index contributed by atoms with van der Waals surface area (Å²) < 4.78 is 20.7. The summed E-state index contributed by atoms with van der Waals surface area (Å²) in [7, 11) is 0. The van der Waals surface area contributed by atoms with Gasteiger partial charge in [0, 0.05) is 6.42 Å². The van der Waals surface area contributed by atoms with Gasteiger partial charge >= 0.3 is 0 Å². The van der Waals surface area contributed by atoms with Crippen molar-refractivity contribution < 1.29 is 9.13 Å². The van der Waals surface area contributed by atoms with Crippen molar-refractivity contribution in [3.63, 3.8) is 0 Å². The molecule has 0 saturated carbocycles. The first kappa shape index (κ1) is 16.5. The molecule has 8 heteroatoms. The number of rotatable bonds is 4. The van der Waals surface area contributed by atoms with Gasteiger partial charge in [0.2, 0.25) is 0 Å². The Morgan fingerprint density at radius 2 is 2.20 bits per heavy atom. The van der Waals surface area contributed by atoms with Gasteiger partial charge in [-0.05, 0) is 6.92 Å². The predicted octanol–water partition coefficient (Wildman–Crippen LogP) is 2.78. The van der Waals surface area contributed by atoms with E-state index in [1.54, 1.807) is 13.3 Å². The molecule has 0 amide bonds. The van der Waals surface area contributed by atoms with Gasteiger partial charge in [-0.1, -0.05) is 24.3 Å². The molecule has 25 heavy (non-hydrogen) atoms. The summed E-state index contributed by atoms with van der Waals surface area (Å²) in [4.78, 5) is 17.6. The van der Waals surface area contributed by atoms with Gasteiger partial charge in [0.15, 0.2) is 11.5 Å². The highest BCUT2D eigenvalue weighted by atomic mass is 35.5. The average molecular weight is 364 g/mol. The van der Waals surface area contributed by atoms with Crippen LogP contribution in [0.1, 0.15) is 13.3 Å². The number of aromatic nitrogens is 4. The minimum Gasteiger partial charge on any atom is -0.370 e. The summed E-state index contributed by atoms with van der Waals surface area (Å²) >= 11 is 6.26. The quantitative estimate of drug-likeness (QED) is 0.846. The third-order valence-electron chi connectivity index (χ3n) is 4.58. The lowest BCUT2D eigenvalue weighted by molar-refractivity contribution is 0.0738. The summed E-state index contributed by atoms with van der Waals surface area (Å²) in [6.07, 6.45) is 10.8. The van der Waals surface area contributed by atoms with E-state index in [4.69, 9.17) is 16.3 Å². The monoisotopic (exact) mass is 363 g/mol. The number of fused-ring (bicyclic) bond motifs is 1. The first-order chi connectivity index (χ1) is 12.0. The number of anilines is 1. The molecule has 0 aromatic carbocycles. The van der Waals surface area contributed by atoms with Gasteiger partial charge in [-0.15, -0.1) is 11.6 Å². The van der Waals surface area contributed by atoms with Crippen molar-refractivity contribution in [1.29, 1.82) is 0 Å². The second-order valence-electron chi connectivity index (χ2n) is 6.71. The number of alkyl halides is 2. The van der Waals surface area contributed by atoms with Crippen LogP contribution in [-0.2, 0) is 4.74 Å². The molecular weight excluding hydrogens is 345 g/mol. The van der Waals surface area contributed by atoms with E-state index < -0.39 is 5.67 Å². The number of allylic oxidation sites excluding steroid dienone is 2. The third-order valence-corrected chi connectivity index (χ3v) is 4.97. The van der Waals surface area contributed by atoms with E-state index in [1.165, 1.54) is 6.33 Å². The Morgan fingerprint density at radius 3 is 3.04 bits per heavy atom. The lowest BCUT2D eigenvalue weighted by Crippen LogP contribution is -2.37. The summed E-state index contributed by atoms with van der Waals surface area (Å²) in [6.45, 7) is 2.22. The van der Waals surface area contributed by atoms with Crippen LogP contribution >= 0.6 is 11.6 Å². The van der Waals surface area contributed by atoms with Crippen molar-refractivity contribution in [3.8, 4) is 0 Å². The normalized spacial score (nSPS) is 32.0. The Kier molecular flexibility index (Phi) is 4.21. The van der Waals surface area contributed by atoms with Gasteiger partial charge in [-0.25, -0.2) is 19.3 Å². The first-order valence-electron chi connectivity index (χ1n) is 8.24. The maximum absolute atomic E-state index is 14.7. The number of ether oxygens (including phenoxy) is 1. The summed E-state index contributed by atoms with van der Waals surface area (Å²) in [6, 6.07) is -0.139. The van der Waals surface area contributed by atoms with Crippen LogP contribution in [0.4, 0.5) is 10.2 Å². The molecule has 2 aliphatic rings. The molecule has 4 atom stereocenters. The summed E-state index contributed by atoms with van der Waals surface area (Å²) in [5.41, 5.74) is -0.0345. The zero-order valence-corrected chi connectivity index (χ0v) is 14.5. The molecule has 1 aliphatic heterocycles. The maximum atomic E-state index is 14.7. The second kappa shape index (κ2) is 6.38. The van der Waals surface area contributed by atoms with E-state index in [0.717, 1.165) is 0 Å². The van der Waals surface area contributed by atoms with Crippen LogP contribution in [0.25, 0.3) is 11.2 Å². The number of hydrogen-bond donors (Lipinski definition) is 1. The molecule has 4 rings (SSSR count). The molecule has 2 aromatic heterocycles. The van der Waals surface area contributed by atoms with Gasteiger partial charge in [0.05, 0.1) is 37.0 Å². The van der Waals surface area contributed by atoms with E-state index >= 15 is 0 Å². The van der Waals surface area contributed by atoms with Crippen molar-refractivity contribution in [2.75, 3.05) is 18.1 Å². The van der Waals surface area contributed by atoms with Gasteiger partial charge in [0.25, 0.3) is 0 Å². The van der Waals surface area contributed by atoms with Crippen LogP contribution in [0.2, 0.25) is 0 Å². The predicted molar refractivity (Wildman–Crippen MR) is 94.6 cm³/mol. The number of aromatic amines is 1. The van der Waals surface area contributed by atoms with Crippen LogP contribution in [-0.4, -0.2) is 56.3 Å². The van der Waals surface area contributed by atoms with Gasteiger partial charge in [-0.3, -0.25) is 0 Å². The second-order valence-corrected chi connectivity index (χ2v) is 7.21. The number of imidazole rings is 1. The van der Waals surface area contributed by atoms with Crippen molar-refractivity contribution in [1.82, 2.24) is 19.9 Å². The van der Waals surface area contributed by atoms with E-state index in [1.807, 2.05) is 29.2 Å². The lowest BCUT2D eigenvalue weighted by atomic mass is 10.1. The first-order valence-corrected chi connectivity index (χ1v) is 8.67. The molecule has 2 aromatic rings. The van der Waals surface area contributed by atoms with Crippen LogP contribution < -0.4 is 4.90 Å². The molecule has 1 fully saturated rings. The summed E-state index contributed by atoms with van der Waals surface area (Å²) in [5.74, 6) is 0.652. The maximum Gasteiger partial charge on any atom is 0.182 e. The minimum absolute atomic E-state index is 0.139. The van der Waals surface area contributed by atoms with Gasteiger partial charge in [0.1, 0.15) is 17.5 Å². The Labute approximate surface area is 149 Å². The van der Waals surface area contributed by atoms with E-state index in [2.05, 4.69) is 19.9 Å². The molecule has 1 N–H and O–H groups in total. The molecule has 1 saturated heterocycles. The minimum atomic E-state index is -1.31. The highest BCUT2D eigenvalue weighted by Gasteiger charge is 2.42. The Hall–Kier alpha value is -1.99. The fraction of sp³-hybridized carbons (Fsp3) is 0.471. The SMILES string of the molecule is CC1(F)CC(COC2C=CC=CC2Cl)N(c2ncnc3nc[nH]c23)C1. The van der Waals surface area contributed by atoms with Crippen molar-refractivity contribution in [2.24, 2.45) is 0 Å². The number of H-pyrrole nitrogens is 1. The van der Waals surface area contributed by atoms with Crippen LogP contribution in [0, 0.1) is 0 Å². The van der Waals surface area contributed by atoms with Gasteiger partial charge < -0.3 is 14.6 Å². The largest absolute Gasteiger partial charge is 0.370 e. The molecule has 1 aliphatic carbocycles.